The third-order valence-electron chi connectivity index (χ3n) is 2.22. The number of alkyl halides is 12. The van der Waals surface area contributed by atoms with Crippen LogP contribution in [0.5, 0.6) is 0 Å². The number of ether oxygens (including phenoxy) is 2. The average molecular weight is 346 g/mol. The number of rotatable bonds is 3. The maximum atomic E-state index is 13.3. The summed E-state index contributed by atoms with van der Waals surface area (Å²) in [5.41, 5.74) is 0. The van der Waals surface area contributed by atoms with Crippen molar-refractivity contribution in [3.63, 3.8) is 0 Å². The van der Waals surface area contributed by atoms with Gasteiger partial charge in [0.2, 0.25) is 0 Å². The van der Waals surface area contributed by atoms with E-state index in [9.17, 15) is 52.7 Å². The molecule has 0 saturated carbocycles. The van der Waals surface area contributed by atoms with E-state index in [0.717, 1.165) is 0 Å². The van der Waals surface area contributed by atoms with Gasteiger partial charge in [-0.3, -0.25) is 4.74 Å². The Morgan fingerprint density at radius 3 is 1.48 bits per heavy atom. The van der Waals surface area contributed by atoms with Crippen LogP contribution >= 0.6 is 0 Å². The summed E-state index contributed by atoms with van der Waals surface area (Å²) in [4.78, 5) is 0. The van der Waals surface area contributed by atoms with Crippen LogP contribution in [0.25, 0.3) is 0 Å². The Kier molecular flexibility index (Phi) is 3.71. The summed E-state index contributed by atoms with van der Waals surface area (Å²) in [6.07, 6.45) is -18.5. The van der Waals surface area contributed by atoms with E-state index in [4.69, 9.17) is 0 Å². The summed E-state index contributed by atoms with van der Waals surface area (Å²) in [5.74, 6) is -20.1. The standard InChI is InChI=1S/C7H2F12O2/c8-2(9,10)1-20-7(18,19)5(15)3(11,12)4(13,14)6(16,17)21-5/h1H2. The molecule has 2 nitrogen and oxygen atoms in total. The van der Waals surface area contributed by atoms with E-state index in [1.54, 1.807) is 0 Å². The fourth-order valence-corrected chi connectivity index (χ4v) is 1.20. The monoisotopic (exact) mass is 346 g/mol. The Hall–Kier alpha value is -0.920. The minimum Gasteiger partial charge on any atom is -0.306 e. The second kappa shape index (κ2) is 4.30. The summed E-state index contributed by atoms with van der Waals surface area (Å²) < 4.78 is 154. The van der Waals surface area contributed by atoms with E-state index in [2.05, 4.69) is 9.47 Å². The Morgan fingerprint density at radius 1 is 0.762 bits per heavy atom. The molecule has 0 amide bonds. The highest BCUT2D eigenvalue weighted by Gasteiger charge is 2.95. The molecule has 1 rings (SSSR count). The Labute approximate surface area is 106 Å². The van der Waals surface area contributed by atoms with E-state index < -0.39 is 42.7 Å². The topological polar surface area (TPSA) is 18.5 Å². The molecule has 0 aromatic rings. The lowest BCUT2D eigenvalue weighted by atomic mass is 10.1. The molecule has 1 aliphatic rings. The van der Waals surface area contributed by atoms with Gasteiger partial charge < -0.3 is 4.74 Å². The van der Waals surface area contributed by atoms with Gasteiger partial charge in [0, 0.05) is 0 Å². The predicted molar refractivity (Wildman–Crippen MR) is 36.7 cm³/mol. The summed E-state index contributed by atoms with van der Waals surface area (Å²) in [6.45, 7) is -3.08. The fraction of sp³-hybridized carbons (Fsp3) is 1.00. The van der Waals surface area contributed by atoms with Crippen LogP contribution in [0.2, 0.25) is 0 Å². The smallest absolute Gasteiger partial charge is 0.306 e. The van der Waals surface area contributed by atoms with Crippen LogP contribution in [0.1, 0.15) is 0 Å². The zero-order valence-corrected chi connectivity index (χ0v) is 9.06. The fourth-order valence-electron chi connectivity index (χ4n) is 1.20. The minimum absolute atomic E-state index is 2.05. The van der Waals surface area contributed by atoms with Crippen LogP contribution in [0, 0.1) is 0 Å². The van der Waals surface area contributed by atoms with Crippen molar-refractivity contribution in [2.45, 2.75) is 36.1 Å². The molecule has 0 aromatic heterocycles. The van der Waals surface area contributed by atoms with Crippen LogP contribution in [-0.4, -0.2) is 42.7 Å². The molecule has 1 saturated heterocycles. The first kappa shape index (κ1) is 18.1. The van der Waals surface area contributed by atoms with E-state index in [1.165, 1.54) is 0 Å². The van der Waals surface area contributed by atoms with Gasteiger partial charge in [0.15, 0.2) is 0 Å². The van der Waals surface area contributed by atoms with Gasteiger partial charge in [-0.05, 0) is 0 Å². The Morgan fingerprint density at radius 2 is 1.19 bits per heavy atom. The van der Waals surface area contributed by atoms with Crippen LogP contribution in [0.3, 0.4) is 0 Å². The molecule has 21 heavy (non-hydrogen) atoms. The van der Waals surface area contributed by atoms with Gasteiger partial charge in [0.1, 0.15) is 6.61 Å². The lowest BCUT2D eigenvalue weighted by molar-refractivity contribution is -0.445. The molecule has 0 bridgehead atoms. The van der Waals surface area contributed by atoms with E-state index in [-0.39, 0.29) is 0 Å². The zero-order chi connectivity index (χ0) is 17.1. The van der Waals surface area contributed by atoms with Crippen molar-refractivity contribution in [1.29, 1.82) is 0 Å². The highest BCUT2D eigenvalue weighted by Crippen LogP contribution is 2.64. The first-order valence-corrected chi connectivity index (χ1v) is 4.52. The van der Waals surface area contributed by atoms with Crippen molar-refractivity contribution in [2.24, 2.45) is 0 Å². The number of halogens is 12. The van der Waals surface area contributed by atoms with Crippen molar-refractivity contribution in [2.75, 3.05) is 6.61 Å². The van der Waals surface area contributed by atoms with Crippen molar-refractivity contribution in [3.8, 4) is 0 Å². The van der Waals surface area contributed by atoms with E-state index in [1.807, 2.05) is 0 Å². The molecule has 1 heterocycles. The summed E-state index contributed by atoms with van der Waals surface area (Å²) in [7, 11) is 0. The summed E-state index contributed by atoms with van der Waals surface area (Å²) in [6, 6.07) is 0. The third-order valence-corrected chi connectivity index (χ3v) is 2.22. The Balaban J connectivity index is 3.21. The summed E-state index contributed by atoms with van der Waals surface area (Å²) in [5, 5.41) is 0. The lowest BCUT2D eigenvalue weighted by Gasteiger charge is -2.32. The maximum Gasteiger partial charge on any atom is 0.429 e. The SMILES string of the molecule is FC(F)(F)COC(F)(F)C1(F)OC(F)(F)C(F)(F)C1(F)F. The molecule has 0 radical (unpaired) electrons. The highest BCUT2D eigenvalue weighted by atomic mass is 19.4. The molecular weight excluding hydrogens is 344 g/mol. The molecule has 1 atom stereocenters. The predicted octanol–water partition coefficient (Wildman–Crippen LogP) is 3.72. The molecule has 1 unspecified atom stereocenters. The van der Waals surface area contributed by atoms with Crippen molar-refractivity contribution in [3.05, 3.63) is 0 Å². The van der Waals surface area contributed by atoms with Gasteiger partial charge in [-0.25, -0.2) is 0 Å². The average Bonchev–Trinajstić information content (AvgIpc) is 2.32. The van der Waals surface area contributed by atoms with Gasteiger partial charge in [0.25, 0.3) is 0 Å². The van der Waals surface area contributed by atoms with Crippen LogP contribution in [-0.2, 0) is 9.47 Å². The molecule has 0 aliphatic carbocycles. The first-order chi connectivity index (χ1) is 8.91. The highest BCUT2D eigenvalue weighted by molar-refractivity contribution is 5.11. The molecule has 1 aliphatic heterocycles. The van der Waals surface area contributed by atoms with Crippen LogP contribution < -0.4 is 0 Å². The van der Waals surface area contributed by atoms with Crippen LogP contribution in [0.15, 0.2) is 0 Å². The van der Waals surface area contributed by atoms with Gasteiger partial charge in [0.05, 0.1) is 0 Å². The summed E-state index contributed by atoms with van der Waals surface area (Å²) >= 11 is 0. The van der Waals surface area contributed by atoms with Crippen molar-refractivity contribution < 1.29 is 62.2 Å². The lowest BCUT2D eigenvalue weighted by Crippen LogP contribution is -2.61. The number of hydrogen-bond donors (Lipinski definition) is 0. The van der Waals surface area contributed by atoms with Crippen molar-refractivity contribution in [1.82, 2.24) is 0 Å². The van der Waals surface area contributed by atoms with Gasteiger partial charge in [-0.15, -0.1) is 0 Å². The van der Waals surface area contributed by atoms with E-state index in [0.29, 0.717) is 0 Å². The van der Waals surface area contributed by atoms with Gasteiger partial charge >= 0.3 is 36.1 Å². The second-order valence-corrected chi connectivity index (χ2v) is 3.78. The first-order valence-electron chi connectivity index (χ1n) is 4.52. The zero-order valence-electron chi connectivity index (χ0n) is 9.06. The van der Waals surface area contributed by atoms with Crippen molar-refractivity contribution >= 4 is 0 Å². The van der Waals surface area contributed by atoms with Gasteiger partial charge in [-0.2, -0.15) is 52.7 Å². The molecule has 0 N–H and O–H groups in total. The largest absolute Gasteiger partial charge is 0.429 e. The molecule has 126 valence electrons. The maximum absolute atomic E-state index is 13.3. The molecule has 14 heteroatoms. The third kappa shape index (κ3) is 2.41. The van der Waals surface area contributed by atoms with Crippen LogP contribution in [0.4, 0.5) is 52.7 Å². The number of hydrogen-bond acceptors (Lipinski definition) is 2. The molecule has 1 fully saturated rings. The molecular formula is C7H2F12O2. The second-order valence-electron chi connectivity index (χ2n) is 3.78. The molecule has 0 spiro atoms. The van der Waals surface area contributed by atoms with E-state index >= 15 is 0 Å². The molecule has 0 aromatic carbocycles. The Bertz CT molecular complexity index is 414. The van der Waals surface area contributed by atoms with Gasteiger partial charge in [-0.1, -0.05) is 0 Å². The quantitative estimate of drug-likeness (QED) is 0.726. The normalized spacial score (nSPS) is 31.4. The minimum atomic E-state index is -6.88.